The van der Waals surface area contributed by atoms with Crippen LogP contribution in [0.25, 0.3) is 16.9 Å². The van der Waals surface area contributed by atoms with Crippen LogP contribution in [-0.4, -0.2) is 43.4 Å². The van der Waals surface area contributed by atoms with E-state index in [1.165, 1.54) is 0 Å². The average Bonchev–Trinajstić information content (AvgIpc) is 3.13. The lowest BCUT2D eigenvalue weighted by atomic mass is 10.1. The Bertz CT molecular complexity index is 1440. The summed E-state index contributed by atoms with van der Waals surface area (Å²) in [5.41, 5.74) is 2.00. The number of piperidine rings is 1. The third-order valence-corrected chi connectivity index (χ3v) is 6.46. The van der Waals surface area contributed by atoms with Gasteiger partial charge in [0.1, 0.15) is 11.2 Å². The molecule has 5 rings (SSSR count). The molecule has 3 aromatic heterocycles. The third kappa shape index (κ3) is 4.78. The molecule has 0 saturated carbocycles. The molecular weight excluding hydrogens is 464 g/mol. The minimum absolute atomic E-state index is 0.202. The van der Waals surface area contributed by atoms with Gasteiger partial charge in [0.15, 0.2) is 11.5 Å². The number of pyridine rings is 1. The highest BCUT2D eigenvalue weighted by atomic mass is 35.5. The maximum Gasteiger partial charge on any atom is 0.278 e. The number of nitrogens with zero attached hydrogens (tertiary/aromatic N) is 5. The van der Waals surface area contributed by atoms with E-state index in [1.807, 2.05) is 43.3 Å². The van der Waals surface area contributed by atoms with Crippen molar-refractivity contribution >= 4 is 40.1 Å². The van der Waals surface area contributed by atoms with E-state index in [9.17, 15) is 4.79 Å². The van der Waals surface area contributed by atoms with Gasteiger partial charge in [-0.1, -0.05) is 23.7 Å². The predicted octanol–water partition coefficient (Wildman–Crippen LogP) is 4.03. The molecule has 10 heteroatoms. The largest absolute Gasteiger partial charge is 0.367 e. The minimum atomic E-state index is -0.202. The Morgan fingerprint density at radius 2 is 2.06 bits per heavy atom. The molecule has 1 aliphatic rings. The molecule has 1 aliphatic heterocycles. The number of aromatic nitrogens is 5. The van der Waals surface area contributed by atoms with Crippen LogP contribution in [0.4, 0.5) is 17.5 Å². The van der Waals surface area contributed by atoms with Crippen molar-refractivity contribution in [2.45, 2.75) is 32.4 Å². The van der Waals surface area contributed by atoms with Gasteiger partial charge in [0.2, 0.25) is 5.95 Å². The summed E-state index contributed by atoms with van der Waals surface area (Å²) in [6, 6.07) is 11.7. The van der Waals surface area contributed by atoms with E-state index in [1.54, 1.807) is 21.6 Å². The number of benzene rings is 1. The van der Waals surface area contributed by atoms with Crippen LogP contribution < -0.4 is 21.5 Å². The molecule has 0 spiro atoms. The first kappa shape index (κ1) is 23.1. The standard InChI is InChI=1S/C25H27ClN8O/c1-3-13-33-24(35)19-15-28-25(30-18-7-8-20(26)16(2)14-18)32-23(19)34(33)22-6-4-5-21(31-22)29-17-9-11-27-12-10-17/h3-8,14-15,17,27H,1,9-13H2,2H3,(H,29,31)(H,28,30,32). The van der Waals surface area contributed by atoms with Crippen molar-refractivity contribution in [2.75, 3.05) is 23.7 Å². The Labute approximate surface area is 207 Å². The molecule has 0 amide bonds. The van der Waals surface area contributed by atoms with Gasteiger partial charge in [0, 0.05) is 22.9 Å². The van der Waals surface area contributed by atoms with Crippen LogP contribution in [-0.2, 0) is 6.54 Å². The number of allylic oxidation sites excluding steroid dienone is 1. The number of rotatable bonds is 7. The first-order chi connectivity index (χ1) is 17.0. The van der Waals surface area contributed by atoms with Crippen molar-refractivity contribution in [1.82, 2.24) is 29.6 Å². The van der Waals surface area contributed by atoms with E-state index in [0.29, 0.717) is 40.4 Å². The van der Waals surface area contributed by atoms with Crippen LogP contribution in [0.5, 0.6) is 0 Å². The van der Waals surface area contributed by atoms with Gasteiger partial charge in [-0.15, -0.1) is 6.58 Å². The smallest absolute Gasteiger partial charge is 0.278 e. The van der Waals surface area contributed by atoms with Crippen molar-refractivity contribution in [1.29, 1.82) is 0 Å². The number of nitrogens with one attached hydrogen (secondary N) is 3. The van der Waals surface area contributed by atoms with E-state index in [2.05, 4.69) is 27.5 Å². The van der Waals surface area contributed by atoms with Crippen LogP contribution in [0.1, 0.15) is 18.4 Å². The molecular formula is C25H27ClN8O. The first-order valence-corrected chi connectivity index (χ1v) is 12.0. The predicted molar refractivity (Wildman–Crippen MR) is 140 cm³/mol. The Balaban J connectivity index is 1.56. The third-order valence-electron chi connectivity index (χ3n) is 6.03. The van der Waals surface area contributed by atoms with Gasteiger partial charge < -0.3 is 16.0 Å². The molecule has 1 aromatic carbocycles. The molecule has 35 heavy (non-hydrogen) atoms. The van der Waals surface area contributed by atoms with E-state index in [4.69, 9.17) is 21.6 Å². The lowest BCUT2D eigenvalue weighted by Crippen LogP contribution is -2.35. The van der Waals surface area contributed by atoms with Gasteiger partial charge in [-0.05, 0) is 68.8 Å². The number of anilines is 3. The summed E-state index contributed by atoms with van der Waals surface area (Å²) in [7, 11) is 0. The van der Waals surface area contributed by atoms with Crippen molar-refractivity contribution < 1.29 is 0 Å². The minimum Gasteiger partial charge on any atom is -0.367 e. The molecule has 0 unspecified atom stereocenters. The van der Waals surface area contributed by atoms with Gasteiger partial charge in [-0.3, -0.25) is 4.79 Å². The lowest BCUT2D eigenvalue weighted by Gasteiger charge is -2.24. The lowest BCUT2D eigenvalue weighted by molar-refractivity contribution is 0.478. The SMILES string of the molecule is C=CCn1c(=O)c2cnc(Nc3ccc(Cl)c(C)c3)nc2n1-c1cccc(NC2CCNCC2)n1. The number of aryl methyl sites for hydroxylation is 1. The van der Waals surface area contributed by atoms with Gasteiger partial charge in [-0.2, -0.15) is 4.98 Å². The van der Waals surface area contributed by atoms with Crippen molar-refractivity contribution in [2.24, 2.45) is 0 Å². The van der Waals surface area contributed by atoms with Crippen molar-refractivity contribution in [3.05, 3.63) is 76.2 Å². The molecule has 0 radical (unpaired) electrons. The summed E-state index contributed by atoms with van der Waals surface area (Å²) >= 11 is 6.15. The van der Waals surface area contributed by atoms with E-state index >= 15 is 0 Å². The van der Waals surface area contributed by atoms with E-state index < -0.39 is 0 Å². The quantitative estimate of drug-likeness (QED) is 0.336. The second-order valence-electron chi connectivity index (χ2n) is 8.56. The van der Waals surface area contributed by atoms with Gasteiger partial charge in [0.25, 0.3) is 5.56 Å². The molecule has 4 aromatic rings. The van der Waals surface area contributed by atoms with Crippen LogP contribution in [0.3, 0.4) is 0 Å². The number of hydrogen-bond acceptors (Lipinski definition) is 7. The molecule has 9 nitrogen and oxygen atoms in total. The second kappa shape index (κ2) is 9.89. The zero-order chi connectivity index (χ0) is 24.4. The summed E-state index contributed by atoms with van der Waals surface area (Å²) in [5, 5.41) is 11.2. The Hall–Kier alpha value is -3.69. The highest BCUT2D eigenvalue weighted by Gasteiger charge is 2.19. The monoisotopic (exact) mass is 490 g/mol. The van der Waals surface area contributed by atoms with E-state index in [-0.39, 0.29) is 5.56 Å². The van der Waals surface area contributed by atoms with Crippen LogP contribution >= 0.6 is 11.6 Å². The molecule has 3 N–H and O–H groups in total. The van der Waals surface area contributed by atoms with Crippen molar-refractivity contribution in [3.8, 4) is 5.82 Å². The fourth-order valence-corrected chi connectivity index (χ4v) is 4.37. The fraction of sp³-hybridized carbons (Fsp3) is 0.280. The summed E-state index contributed by atoms with van der Waals surface area (Å²) in [6.45, 7) is 8.02. The Morgan fingerprint density at radius 1 is 1.23 bits per heavy atom. The Kier molecular flexibility index (Phi) is 6.52. The average molecular weight is 491 g/mol. The Morgan fingerprint density at radius 3 is 2.83 bits per heavy atom. The summed E-state index contributed by atoms with van der Waals surface area (Å²) in [4.78, 5) is 27.1. The highest BCUT2D eigenvalue weighted by Crippen LogP contribution is 2.23. The normalized spacial score (nSPS) is 14.2. The first-order valence-electron chi connectivity index (χ1n) is 11.6. The van der Waals surface area contributed by atoms with Gasteiger partial charge in [-0.25, -0.2) is 19.3 Å². The molecule has 4 heterocycles. The molecule has 0 bridgehead atoms. The van der Waals surface area contributed by atoms with E-state index in [0.717, 1.165) is 43.0 Å². The maximum atomic E-state index is 13.2. The number of halogens is 1. The fourth-order valence-electron chi connectivity index (χ4n) is 4.26. The van der Waals surface area contributed by atoms with Gasteiger partial charge in [0.05, 0.1) is 6.54 Å². The van der Waals surface area contributed by atoms with Crippen molar-refractivity contribution in [3.63, 3.8) is 0 Å². The van der Waals surface area contributed by atoms with Crippen LogP contribution in [0.15, 0.2) is 60.0 Å². The number of hydrogen-bond donors (Lipinski definition) is 3. The molecule has 0 aliphatic carbocycles. The molecule has 1 saturated heterocycles. The topological polar surface area (TPSA) is 102 Å². The highest BCUT2D eigenvalue weighted by molar-refractivity contribution is 6.31. The second-order valence-corrected chi connectivity index (χ2v) is 8.96. The van der Waals surface area contributed by atoms with Gasteiger partial charge >= 0.3 is 0 Å². The summed E-state index contributed by atoms with van der Waals surface area (Å²) in [6.07, 6.45) is 5.29. The van der Waals surface area contributed by atoms with Crippen LogP contribution in [0, 0.1) is 6.92 Å². The zero-order valence-electron chi connectivity index (χ0n) is 19.5. The maximum absolute atomic E-state index is 13.2. The zero-order valence-corrected chi connectivity index (χ0v) is 20.2. The number of fused-ring (bicyclic) bond motifs is 1. The molecule has 180 valence electrons. The van der Waals surface area contributed by atoms with Crippen LogP contribution in [0.2, 0.25) is 5.02 Å². The summed E-state index contributed by atoms with van der Waals surface area (Å²) in [5.74, 6) is 1.72. The summed E-state index contributed by atoms with van der Waals surface area (Å²) < 4.78 is 3.30. The molecule has 0 atom stereocenters. The molecule has 1 fully saturated rings.